The molecule has 2 rings (SSSR count). The zero-order valence-corrected chi connectivity index (χ0v) is 14.0. The normalized spacial score (nSPS) is 10.5. The van der Waals surface area contributed by atoms with Gasteiger partial charge in [-0.25, -0.2) is 19.2 Å². The van der Waals surface area contributed by atoms with Crippen LogP contribution in [0, 0.1) is 5.82 Å². The van der Waals surface area contributed by atoms with Crippen molar-refractivity contribution in [3.8, 4) is 0 Å². The van der Waals surface area contributed by atoms with Crippen LogP contribution in [0.25, 0.3) is 0 Å². The van der Waals surface area contributed by atoms with Crippen LogP contribution < -0.4 is 0 Å². The fourth-order valence-electron chi connectivity index (χ4n) is 2.33. The number of hydrogen-bond donors (Lipinski definition) is 1. The van der Waals surface area contributed by atoms with Gasteiger partial charge in [0.15, 0.2) is 5.69 Å². The van der Waals surface area contributed by atoms with Crippen LogP contribution in [0.2, 0.25) is 0 Å². The molecule has 0 bridgehead atoms. The molecule has 0 spiro atoms. The summed E-state index contributed by atoms with van der Waals surface area (Å²) in [7, 11) is 0. The molecule has 2 aromatic rings. The Hall–Kier alpha value is -2.83. The molecule has 1 N–H and O–H groups in total. The third kappa shape index (κ3) is 5.34. The average molecular weight is 345 g/mol. The Labute approximate surface area is 145 Å². The predicted molar refractivity (Wildman–Crippen MR) is 89.7 cm³/mol. The first-order valence-corrected chi connectivity index (χ1v) is 8.10. The summed E-state index contributed by atoms with van der Waals surface area (Å²) in [5, 5.41) is 8.86. The van der Waals surface area contributed by atoms with Crippen molar-refractivity contribution < 1.29 is 19.1 Å². The molecule has 1 amide bonds. The first-order valence-electron chi connectivity index (χ1n) is 8.10. The monoisotopic (exact) mass is 345 g/mol. The zero-order chi connectivity index (χ0) is 18.2. The second-order valence-electron chi connectivity index (χ2n) is 5.65. The molecule has 25 heavy (non-hydrogen) atoms. The Morgan fingerprint density at radius 2 is 1.72 bits per heavy atom. The van der Waals surface area contributed by atoms with E-state index in [0.29, 0.717) is 13.1 Å². The zero-order valence-electron chi connectivity index (χ0n) is 14.0. The summed E-state index contributed by atoms with van der Waals surface area (Å²) in [6, 6.07) is 5.97. The summed E-state index contributed by atoms with van der Waals surface area (Å²) in [5.41, 5.74) is 0.678. The molecule has 0 radical (unpaired) electrons. The van der Waals surface area contributed by atoms with Crippen LogP contribution in [0.1, 0.15) is 52.7 Å². The standard InChI is InChI=1S/C18H20FN3O3/c1-2-3-4-9-22(12-13-5-7-14(19)8-6-13)17(23)15-10-21-16(11-20-15)18(24)25/h5-8,10-11H,2-4,9,12H2,1H3,(H,24,25). The van der Waals surface area contributed by atoms with Gasteiger partial charge in [0, 0.05) is 13.1 Å². The van der Waals surface area contributed by atoms with Crippen molar-refractivity contribution in [2.75, 3.05) is 6.54 Å². The van der Waals surface area contributed by atoms with Crippen molar-refractivity contribution >= 4 is 11.9 Å². The molecule has 1 aromatic carbocycles. The van der Waals surface area contributed by atoms with Gasteiger partial charge in [-0.05, 0) is 24.1 Å². The van der Waals surface area contributed by atoms with Crippen molar-refractivity contribution in [2.24, 2.45) is 0 Å². The highest BCUT2D eigenvalue weighted by molar-refractivity contribution is 5.92. The van der Waals surface area contributed by atoms with Crippen LogP contribution in [0.15, 0.2) is 36.7 Å². The lowest BCUT2D eigenvalue weighted by atomic mass is 10.1. The molecule has 0 unspecified atom stereocenters. The molecule has 0 saturated heterocycles. The molecule has 1 heterocycles. The van der Waals surface area contributed by atoms with E-state index < -0.39 is 5.97 Å². The van der Waals surface area contributed by atoms with Crippen LogP contribution in [-0.4, -0.2) is 38.4 Å². The van der Waals surface area contributed by atoms with Gasteiger partial charge in [-0.2, -0.15) is 0 Å². The summed E-state index contributed by atoms with van der Waals surface area (Å²) < 4.78 is 13.1. The third-order valence-electron chi connectivity index (χ3n) is 3.70. The number of aromatic nitrogens is 2. The largest absolute Gasteiger partial charge is 0.476 e. The number of amides is 1. The summed E-state index contributed by atoms with van der Waals surface area (Å²) in [6.07, 6.45) is 5.08. The minimum absolute atomic E-state index is 0.0867. The minimum atomic E-state index is -1.20. The molecule has 0 fully saturated rings. The van der Waals surface area contributed by atoms with E-state index in [0.717, 1.165) is 31.0 Å². The van der Waals surface area contributed by atoms with Gasteiger partial charge in [0.25, 0.3) is 5.91 Å². The number of benzene rings is 1. The van der Waals surface area contributed by atoms with Gasteiger partial charge in [-0.3, -0.25) is 4.79 Å². The number of carbonyl (C=O) groups excluding carboxylic acids is 1. The van der Waals surface area contributed by atoms with Crippen molar-refractivity contribution in [2.45, 2.75) is 32.7 Å². The highest BCUT2D eigenvalue weighted by Gasteiger charge is 2.18. The first-order chi connectivity index (χ1) is 12.0. The quantitative estimate of drug-likeness (QED) is 0.743. The van der Waals surface area contributed by atoms with E-state index in [1.165, 1.54) is 18.3 Å². The van der Waals surface area contributed by atoms with Gasteiger partial charge in [0.2, 0.25) is 0 Å². The van der Waals surface area contributed by atoms with Crippen molar-refractivity contribution in [3.63, 3.8) is 0 Å². The van der Waals surface area contributed by atoms with Crippen molar-refractivity contribution in [1.82, 2.24) is 14.9 Å². The number of halogens is 1. The summed E-state index contributed by atoms with van der Waals surface area (Å²) >= 11 is 0. The van der Waals surface area contributed by atoms with Crippen LogP contribution in [0.5, 0.6) is 0 Å². The Morgan fingerprint density at radius 1 is 1.08 bits per heavy atom. The highest BCUT2D eigenvalue weighted by Crippen LogP contribution is 2.11. The van der Waals surface area contributed by atoms with Crippen molar-refractivity contribution in [1.29, 1.82) is 0 Å². The molecular formula is C18H20FN3O3. The average Bonchev–Trinajstić information content (AvgIpc) is 2.62. The molecule has 1 aromatic heterocycles. The molecule has 132 valence electrons. The number of aromatic carboxylic acids is 1. The van der Waals surface area contributed by atoms with E-state index in [9.17, 15) is 14.0 Å². The summed E-state index contributed by atoms with van der Waals surface area (Å²) in [4.78, 5) is 32.8. The van der Waals surface area contributed by atoms with Crippen LogP contribution >= 0.6 is 0 Å². The number of carboxylic acid groups (broad SMARTS) is 1. The molecule has 0 saturated carbocycles. The molecule has 6 nitrogen and oxygen atoms in total. The van der Waals surface area contributed by atoms with Gasteiger partial charge >= 0.3 is 5.97 Å². The second-order valence-corrected chi connectivity index (χ2v) is 5.65. The number of unbranched alkanes of at least 4 members (excludes halogenated alkanes) is 2. The lowest BCUT2D eigenvalue weighted by Gasteiger charge is -2.22. The Bertz CT molecular complexity index is 717. The molecule has 0 atom stereocenters. The van der Waals surface area contributed by atoms with E-state index in [1.54, 1.807) is 17.0 Å². The number of nitrogens with zero attached hydrogens (tertiary/aromatic N) is 3. The maximum absolute atomic E-state index is 13.1. The van der Waals surface area contributed by atoms with Gasteiger partial charge in [-0.15, -0.1) is 0 Å². The fourth-order valence-corrected chi connectivity index (χ4v) is 2.33. The highest BCUT2D eigenvalue weighted by atomic mass is 19.1. The predicted octanol–water partition coefficient (Wildman–Crippen LogP) is 3.15. The number of carboxylic acids is 1. The van der Waals surface area contributed by atoms with Gasteiger partial charge in [0.1, 0.15) is 11.5 Å². The van der Waals surface area contributed by atoms with Gasteiger partial charge in [-0.1, -0.05) is 31.9 Å². The van der Waals surface area contributed by atoms with E-state index in [2.05, 4.69) is 16.9 Å². The van der Waals surface area contributed by atoms with Crippen LogP contribution in [0.4, 0.5) is 4.39 Å². The van der Waals surface area contributed by atoms with Crippen molar-refractivity contribution in [3.05, 3.63) is 59.4 Å². The van der Waals surface area contributed by atoms with Gasteiger partial charge in [0.05, 0.1) is 12.4 Å². The molecule has 0 aliphatic rings. The molecule has 7 heteroatoms. The Morgan fingerprint density at radius 3 is 2.28 bits per heavy atom. The minimum Gasteiger partial charge on any atom is -0.476 e. The van der Waals surface area contributed by atoms with Crippen LogP contribution in [0.3, 0.4) is 0 Å². The topological polar surface area (TPSA) is 83.4 Å². The van der Waals surface area contributed by atoms with E-state index in [1.807, 2.05) is 0 Å². The molecular weight excluding hydrogens is 325 g/mol. The number of rotatable bonds is 8. The molecule has 0 aliphatic heterocycles. The van der Waals surface area contributed by atoms with Gasteiger partial charge < -0.3 is 10.0 Å². The summed E-state index contributed by atoms with van der Waals surface area (Å²) in [6.45, 7) is 2.93. The van der Waals surface area contributed by atoms with E-state index >= 15 is 0 Å². The Balaban J connectivity index is 2.16. The SMILES string of the molecule is CCCCCN(Cc1ccc(F)cc1)C(=O)c1cnc(C(=O)O)cn1. The smallest absolute Gasteiger partial charge is 0.356 e. The lowest BCUT2D eigenvalue weighted by molar-refractivity contribution is 0.0684. The van der Waals surface area contributed by atoms with E-state index in [4.69, 9.17) is 5.11 Å². The lowest BCUT2D eigenvalue weighted by Crippen LogP contribution is -2.32. The number of carbonyl (C=O) groups is 2. The summed E-state index contributed by atoms with van der Waals surface area (Å²) in [5.74, 6) is -1.86. The van der Waals surface area contributed by atoms with E-state index in [-0.39, 0.29) is 23.1 Å². The first kappa shape index (κ1) is 18.5. The third-order valence-corrected chi connectivity index (χ3v) is 3.70. The Kier molecular flexibility index (Phi) is 6.56. The maximum Gasteiger partial charge on any atom is 0.356 e. The molecule has 0 aliphatic carbocycles. The van der Waals surface area contributed by atoms with Crippen LogP contribution in [-0.2, 0) is 6.54 Å². The maximum atomic E-state index is 13.1. The fraction of sp³-hybridized carbons (Fsp3) is 0.333. The second kappa shape index (κ2) is 8.86. The number of hydrogen-bond acceptors (Lipinski definition) is 4.